The first kappa shape index (κ1) is 16.3. The van der Waals surface area contributed by atoms with E-state index in [9.17, 15) is 9.59 Å². The monoisotopic (exact) mass is 305 g/mol. The van der Waals surface area contributed by atoms with Crippen LogP contribution in [0.3, 0.4) is 0 Å². The average molecular weight is 305 g/mol. The van der Waals surface area contributed by atoms with Gasteiger partial charge in [0.25, 0.3) is 0 Å². The highest BCUT2D eigenvalue weighted by Crippen LogP contribution is 2.10. The third-order valence-electron chi connectivity index (χ3n) is 3.92. The molecule has 0 bridgehead atoms. The van der Waals surface area contributed by atoms with Crippen LogP contribution in [0.4, 0.5) is 5.69 Å². The largest absolute Gasteiger partial charge is 0.465 e. The number of nitrogens with one attached hydrogen (secondary N) is 1. The van der Waals surface area contributed by atoms with Crippen molar-refractivity contribution in [1.82, 2.24) is 9.80 Å². The van der Waals surface area contributed by atoms with Gasteiger partial charge in [0.1, 0.15) is 0 Å². The fourth-order valence-electron chi connectivity index (χ4n) is 2.44. The van der Waals surface area contributed by atoms with E-state index in [0.717, 1.165) is 38.4 Å². The van der Waals surface area contributed by atoms with Crippen LogP contribution in [0.1, 0.15) is 17.3 Å². The minimum Gasteiger partial charge on any atom is -0.465 e. The maximum absolute atomic E-state index is 12.2. The van der Waals surface area contributed by atoms with Gasteiger partial charge in [-0.3, -0.25) is 4.79 Å². The Labute approximate surface area is 131 Å². The van der Waals surface area contributed by atoms with E-state index >= 15 is 0 Å². The van der Waals surface area contributed by atoms with Crippen LogP contribution in [0.25, 0.3) is 0 Å². The SMILES string of the molecule is CCN1CCN(C(=O)CNc2ccc(C(=O)OC)cc2)CC1. The number of likely N-dealkylation sites (N-methyl/N-ethyl adjacent to an activating group) is 1. The third-order valence-corrected chi connectivity index (χ3v) is 3.92. The highest BCUT2D eigenvalue weighted by Gasteiger charge is 2.19. The first-order chi connectivity index (χ1) is 10.6. The quantitative estimate of drug-likeness (QED) is 0.824. The fraction of sp³-hybridized carbons (Fsp3) is 0.500. The molecule has 0 radical (unpaired) electrons. The van der Waals surface area contributed by atoms with E-state index < -0.39 is 0 Å². The first-order valence-electron chi connectivity index (χ1n) is 7.56. The number of hydrogen-bond donors (Lipinski definition) is 1. The molecule has 0 spiro atoms. The number of hydrogen-bond acceptors (Lipinski definition) is 5. The third kappa shape index (κ3) is 4.21. The van der Waals surface area contributed by atoms with E-state index in [0.29, 0.717) is 5.56 Å². The number of amides is 1. The van der Waals surface area contributed by atoms with Gasteiger partial charge in [-0.2, -0.15) is 0 Å². The molecule has 1 heterocycles. The molecule has 6 heteroatoms. The second kappa shape index (κ2) is 7.79. The Hall–Kier alpha value is -2.08. The highest BCUT2D eigenvalue weighted by atomic mass is 16.5. The number of rotatable bonds is 5. The van der Waals surface area contributed by atoms with Crippen LogP contribution in [0, 0.1) is 0 Å². The normalized spacial score (nSPS) is 15.5. The average Bonchev–Trinajstić information content (AvgIpc) is 2.59. The summed E-state index contributed by atoms with van der Waals surface area (Å²) in [5.74, 6) is -0.260. The van der Waals surface area contributed by atoms with Crippen LogP contribution in [-0.2, 0) is 9.53 Å². The summed E-state index contributed by atoms with van der Waals surface area (Å²) in [5, 5.41) is 3.09. The summed E-state index contributed by atoms with van der Waals surface area (Å²) < 4.78 is 4.65. The predicted molar refractivity (Wildman–Crippen MR) is 85.0 cm³/mol. The number of carbonyl (C=O) groups is 2. The lowest BCUT2D eigenvalue weighted by Crippen LogP contribution is -2.49. The van der Waals surface area contributed by atoms with Crippen LogP contribution in [0.2, 0.25) is 0 Å². The van der Waals surface area contributed by atoms with Gasteiger partial charge in [0.2, 0.25) is 5.91 Å². The zero-order chi connectivity index (χ0) is 15.9. The molecule has 0 atom stereocenters. The van der Waals surface area contributed by atoms with Crippen molar-refractivity contribution in [2.75, 3.05) is 51.7 Å². The molecule has 22 heavy (non-hydrogen) atoms. The number of anilines is 1. The molecular weight excluding hydrogens is 282 g/mol. The van der Waals surface area contributed by atoms with Gasteiger partial charge in [-0.05, 0) is 30.8 Å². The Morgan fingerprint density at radius 3 is 2.32 bits per heavy atom. The summed E-state index contributed by atoms with van der Waals surface area (Å²) in [6.07, 6.45) is 0. The molecule has 2 rings (SSSR count). The van der Waals surface area contributed by atoms with E-state index in [2.05, 4.69) is 21.9 Å². The van der Waals surface area contributed by atoms with E-state index in [4.69, 9.17) is 0 Å². The summed E-state index contributed by atoms with van der Waals surface area (Å²) in [6, 6.07) is 6.90. The van der Waals surface area contributed by atoms with E-state index in [1.54, 1.807) is 24.3 Å². The van der Waals surface area contributed by atoms with E-state index in [-0.39, 0.29) is 18.4 Å². The van der Waals surface area contributed by atoms with Gasteiger partial charge in [0.15, 0.2) is 0 Å². The van der Waals surface area contributed by atoms with Crippen LogP contribution < -0.4 is 5.32 Å². The molecule has 1 aromatic rings. The summed E-state index contributed by atoms with van der Waals surface area (Å²) in [6.45, 7) is 6.89. The second-order valence-corrected chi connectivity index (χ2v) is 5.24. The number of benzene rings is 1. The van der Waals surface area contributed by atoms with Crippen molar-refractivity contribution in [1.29, 1.82) is 0 Å². The van der Waals surface area contributed by atoms with E-state index in [1.807, 2.05) is 4.90 Å². The van der Waals surface area contributed by atoms with Crippen molar-refractivity contribution in [2.24, 2.45) is 0 Å². The lowest BCUT2D eigenvalue weighted by Gasteiger charge is -2.34. The zero-order valence-electron chi connectivity index (χ0n) is 13.2. The molecule has 1 fully saturated rings. The summed E-state index contributed by atoms with van der Waals surface area (Å²) in [5.41, 5.74) is 1.31. The van der Waals surface area contributed by atoms with Crippen molar-refractivity contribution >= 4 is 17.6 Å². The van der Waals surface area contributed by atoms with Gasteiger partial charge < -0.3 is 19.9 Å². The van der Waals surface area contributed by atoms with Crippen molar-refractivity contribution in [3.05, 3.63) is 29.8 Å². The predicted octanol–water partition coefficient (Wildman–Crippen LogP) is 1.05. The Balaban J connectivity index is 1.80. The topological polar surface area (TPSA) is 61.9 Å². The number of nitrogens with zero attached hydrogens (tertiary/aromatic N) is 2. The number of esters is 1. The van der Waals surface area contributed by atoms with Gasteiger partial charge in [-0.1, -0.05) is 6.92 Å². The molecule has 0 unspecified atom stereocenters. The van der Waals surface area contributed by atoms with Gasteiger partial charge >= 0.3 is 5.97 Å². The molecule has 0 aliphatic carbocycles. The molecule has 0 saturated carbocycles. The number of piperazine rings is 1. The van der Waals surface area contributed by atoms with Crippen LogP contribution in [0.15, 0.2) is 24.3 Å². The second-order valence-electron chi connectivity index (χ2n) is 5.24. The van der Waals surface area contributed by atoms with Gasteiger partial charge in [0, 0.05) is 31.9 Å². The number of methoxy groups -OCH3 is 1. The van der Waals surface area contributed by atoms with Crippen molar-refractivity contribution < 1.29 is 14.3 Å². The van der Waals surface area contributed by atoms with Crippen LogP contribution >= 0.6 is 0 Å². The summed E-state index contributed by atoms with van der Waals surface area (Å²) in [4.78, 5) is 27.7. The molecule has 120 valence electrons. The molecule has 1 amide bonds. The zero-order valence-corrected chi connectivity index (χ0v) is 13.2. The Kier molecular flexibility index (Phi) is 5.77. The van der Waals surface area contributed by atoms with Crippen LogP contribution in [-0.4, -0.2) is 68.1 Å². The summed E-state index contributed by atoms with van der Waals surface area (Å²) >= 11 is 0. The smallest absolute Gasteiger partial charge is 0.337 e. The van der Waals surface area contributed by atoms with Gasteiger partial charge in [0.05, 0.1) is 19.2 Å². The highest BCUT2D eigenvalue weighted by molar-refractivity contribution is 5.89. The molecule has 1 aliphatic rings. The number of ether oxygens (including phenoxy) is 1. The minimum absolute atomic E-state index is 0.104. The fourth-order valence-corrected chi connectivity index (χ4v) is 2.44. The molecule has 1 aromatic carbocycles. The van der Waals surface area contributed by atoms with Crippen molar-refractivity contribution in [2.45, 2.75) is 6.92 Å². The molecular formula is C16H23N3O3. The molecule has 0 aromatic heterocycles. The van der Waals surface area contributed by atoms with Crippen molar-refractivity contribution in [3.8, 4) is 0 Å². The van der Waals surface area contributed by atoms with E-state index in [1.165, 1.54) is 7.11 Å². The molecule has 1 N–H and O–H groups in total. The van der Waals surface area contributed by atoms with Gasteiger partial charge in [-0.15, -0.1) is 0 Å². The molecule has 1 saturated heterocycles. The maximum atomic E-state index is 12.2. The summed E-state index contributed by atoms with van der Waals surface area (Å²) in [7, 11) is 1.35. The minimum atomic E-state index is -0.364. The van der Waals surface area contributed by atoms with Gasteiger partial charge in [-0.25, -0.2) is 4.79 Å². The maximum Gasteiger partial charge on any atom is 0.337 e. The Bertz CT molecular complexity index is 508. The standard InChI is InChI=1S/C16H23N3O3/c1-3-18-8-10-19(11-9-18)15(20)12-17-14-6-4-13(5-7-14)16(21)22-2/h4-7,17H,3,8-12H2,1-2H3. The van der Waals surface area contributed by atoms with Crippen molar-refractivity contribution in [3.63, 3.8) is 0 Å². The first-order valence-corrected chi connectivity index (χ1v) is 7.56. The Morgan fingerprint density at radius 1 is 1.14 bits per heavy atom. The lowest BCUT2D eigenvalue weighted by molar-refractivity contribution is -0.131. The molecule has 6 nitrogen and oxygen atoms in total. The molecule has 1 aliphatic heterocycles. The number of carbonyl (C=O) groups excluding carboxylic acids is 2. The van der Waals surface area contributed by atoms with Crippen LogP contribution in [0.5, 0.6) is 0 Å². The lowest BCUT2D eigenvalue weighted by atomic mass is 10.2. The Morgan fingerprint density at radius 2 is 1.77 bits per heavy atom.